The minimum absolute atomic E-state index is 0.0489. The average Bonchev–Trinajstić information content (AvgIpc) is 3.00. The van der Waals surface area contributed by atoms with Crippen molar-refractivity contribution in [1.29, 1.82) is 0 Å². The maximum atomic E-state index is 12.6. The topological polar surface area (TPSA) is 67.2 Å². The van der Waals surface area contributed by atoms with Crippen LogP contribution in [0.5, 0.6) is 0 Å². The second-order valence-corrected chi connectivity index (χ2v) is 6.25. The number of benzene rings is 1. The van der Waals surface area contributed by atoms with Gasteiger partial charge in [-0.05, 0) is 37.1 Å². The number of amides is 2. The number of carbonyl (C=O) groups is 2. The Hall–Kier alpha value is -2.63. The van der Waals surface area contributed by atoms with Crippen LogP contribution in [0.1, 0.15) is 41.7 Å². The van der Waals surface area contributed by atoms with Crippen molar-refractivity contribution in [2.75, 3.05) is 18.4 Å². The molecule has 0 radical (unpaired) electrons. The van der Waals surface area contributed by atoms with Crippen molar-refractivity contribution in [3.8, 4) is 0 Å². The zero-order chi connectivity index (χ0) is 17.1. The van der Waals surface area contributed by atoms with Gasteiger partial charge < -0.3 is 14.8 Å². The van der Waals surface area contributed by atoms with Gasteiger partial charge in [0.05, 0.1) is 6.33 Å². The van der Waals surface area contributed by atoms with Crippen LogP contribution in [0.2, 0.25) is 0 Å². The highest BCUT2D eigenvalue weighted by molar-refractivity contribution is 5.95. The summed E-state index contributed by atoms with van der Waals surface area (Å²) in [5, 5.41) is 2.71. The van der Waals surface area contributed by atoms with Gasteiger partial charge in [-0.1, -0.05) is 0 Å². The van der Waals surface area contributed by atoms with Crippen molar-refractivity contribution in [2.24, 2.45) is 7.05 Å². The van der Waals surface area contributed by atoms with Crippen molar-refractivity contribution in [2.45, 2.75) is 25.7 Å². The van der Waals surface area contributed by atoms with Crippen LogP contribution in [0.3, 0.4) is 0 Å². The minimum Gasteiger partial charge on any atom is -0.339 e. The smallest absolute Gasteiger partial charge is 0.253 e. The van der Waals surface area contributed by atoms with Gasteiger partial charge in [0.15, 0.2) is 0 Å². The molecule has 0 aliphatic carbocycles. The lowest BCUT2D eigenvalue weighted by molar-refractivity contribution is -0.114. The van der Waals surface area contributed by atoms with E-state index in [1.54, 1.807) is 24.3 Å². The highest BCUT2D eigenvalue weighted by Crippen LogP contribution is 2.28. The normalized spacial score (nSPS) is 15.3. The fourth-order valence-corrected chi connectivity index (χ4v) is 3.22. The molecule has 6 heteroatoms. The molecule has 1 aromatic carbocycles. The van der Waals surface area contributed by atoms with Gasteiger partial charge in [0, 0.05) is 56.1 Å². The predicted molar refractivity (Wildman–Crippen MR) is 91.8 cm³/mol. The Labute approximate surface area is 141 Å². The number of aryl methyl sites for hydroxylation is 1. The van der Waals surface area contributed by atoms with Gasteiger partial charge in [-0.25, -0.2) is 4.98 Å². The minimum atomic E-state index is -0.119. The zero-order valence-corrected chi connectivity index (χ0v) is 14.0. The summed E-state index contributed by atoms with van der Waals surface area (Å²) in [5.41, 5.74) is 2.60. The first kappa shape index (κ1) is 16.2. The van der Waals surface area contributed by atoms with Crippen LogP contribution in [0.15, 0.2) is 36.8 Å². The van der Waals surface area contributed by atoms with Crippen LogP contribution >= 0.6 is 0 Å². The lowest BCUT2D eigenvalue weighted by Crippen LogP contribution is -2.38. The number of imidazole rings is 1. The molecule has 126 valence electrons. The van der Waals surface area contributed by atoms with Crippen molar-refractivity contribution in [3.05, 3.63) is 48.0 Å². The maximum absolute atomic E-state index is 12.6. The number of nitrogens with one attached hydrogen (secondary N) is 1. The summed E-state index contributed by atoms with van der Waals surface area (Å²) in [7, 11) is 2.01. The molecule has 2 heterocycles. The number of aromatic nitrogens is 2. The molecule has 1 aliphatic heterocycles. The first-order valence-electron chi connectivity index (χ1n) is 8.17. The Morgan fingerprint density at radius 2 is 1.83 bits per heavy atom. The third-order valence-corrected chi connectivity index (χ3v) is 4.51. The van der Waals surface area contributed by atoms with Gasteiger partial charge in [0.1, 0.15) is 0 Å². The maximum Gasteiger partial charge on any atom is 0.253 e. The highest BCUT2D eigenvalue weighted by atomic mass is 16.2. The molecule has 1 aliphatic rings. The number of likely N-dealkylation sites (tertiary alicyclic amines) is 1. The molecule has 0 atom stereocenters. The lowest BCUT2D eigenvalue weighted by atomic mass is 9.93. The van der Waals surface area contributed by atoms with Crippen LogP contribution in [-0.4, -0.2) is 39.4 Å². The van der Waals surface area contributed by atoms with E-state index in [1.807, 2.05) is 24.5 Å². The predicted octanol–water partition coefficient (Wildman–Crippen LogP) is 2.40. The number of hydrogen-bond acceptors (Lipinski definition) is 3. The third-order valence-electron chi connectivity index (χ3n) is 4.51. The first-order valence-corrected chi connectivity index (χ1v) is 8.17. The molecule has 3 rings (SSSR count). The monoisotopic (exact) mass is 326 g/mol. The molecule has 1 saturated heterocycles. The highest BCUT2D eigenvalue weighted by Gasteiger charge is 2.25. The summed E-state index contributed by atoms with van der Waals surface area (Å²) in [6.07, 6.45) is 5.65. The number of rotatable bonds is 3. The summed E-state index contributed by atoms with van der Waals surface area (Å²) >= 11 is 0. The summed E-state index contributed by atoms with van der Waals surface area (Å²) in [6, 6.07) is 7.05. The van der Waals surface area contributed by atoms with E-state index in [4.69, 9.17) is 0 Å². The summed E-state index contributed by atoms with van der Waals surface area (Å²) in [6.45, 7) is 2.97. The van der Waals surface area contributed by atoms with E-state index in [0.717, 1.165) is 25.9 Å². The van der Waals surface area contributed by atoms with Gasteiger partial charge in [-0.2, -0.15) is 0 Å². The third kappa shape index (κ3) is 3.48. The van der Waals surface area contributed by atoms with E-state index in [9.17, 15) is 9.59 Å². The van der Waals surface area contributed by atoms with Gasteiger partial charge >= 0.3 is 0 Å². The van der Waals surface area contributed by atoms with Crippen LogP contribution in [0.25, 0.3) is 0 Å². The number of carbonyl (C=O) groups excluding carboxylic acids is 2. The Balaban J connectivity index is 1.61. The van der Waals surface area contributed by atoms with Gasteiger partial charge in [-0.3, -0.25) is 9.59 Å². The molecule has 2 aromatic rings. The summed E-state index contributed by atoms with van der Waals surface area (Å²) in [4.78, 5) is 29.7. The largest absolute Gasteiger partial charge is 0.339 e. The second-order valence-electron chi connectivity index (χ2n) is 6.25. The zero-order valence-electron chi connectivity index (χ0n) is 14.0. The molecule has 0 bridgehead atoms. The molecule has 1 aromatic heterocycles. The molecule has 0 unspecified atom stereocenters. The molecule has 0 saturated carbocycles. The van der Waals surface area contributed by atoms with E-state index in [1.165, 1.54) is 12.6 Å². The van der Waals surface area contributed by atoms with Crippen molar-refractivity contribution in [1.82, 2.24) is 14.5 Å². The molecule has 1 fully saturated rings. The molecule has 1 N–H and O–H groups in total. The molecule has 24 heavy (non-hydrogen) atoms. The van der Waals surface area contributed by atoms with E-state index < -0.39 is 0 Å². The quantitative estimate of drug-likeness (QED) is 0.942. The van der Waals surface area contributed by atoms with E-state index in [2.05, 4.69) is 14.9 Å². The van der Waals surface area contributed by atoms with E-state index >= 15 is 0 Å². The Kier molecular flexibility index (Phi) is 4.64. The van der Waals surface area contributed by atoms with E-state index in [0.29, 0.717) is 17.2 Å². The standard InChI is InChI=1S/C18H22N4O2/c1-13(23)20-16-5-3-15(4-6-16)18(24)22-9-7-14(8-10-22)17-11-19-12-21(17)2/h3-6,11-12,14H,7-10H2,1-2H3,(H,20,23). The van der Waals surface area contributed by atoms with Crippen LogP contribution in [0, 0.1) is 0 Å². The van der Waals surface area contributed by atoms with Crippen molar-refractivity contribution < 1.29 is 9.59 Å². The van der Waals surface area contributed by atoms with Gasteiger partial charge in [-0.15, -0.1) is 0 Å². The fraction of sp³-hybridized carbons (Fsp3) is 0.389. The van der Waals surface area contributed by atoms with Crippen LogP contribution < -0.4 is 5.32 Å². The second kappa shape index (κ2) is 6.86. The lowest BCUT2D eigenvalue weighted by Gasteiger charge is -2.32. The SMILES string of the molecule is CC(=O)Nc1ccc(C(=O)N2CCC(c3cncn3C)CC2)cc1. The Bertz CT molecular complexity index is 728. The Morgan fingerprint density at radius 3 is 2.38 bits per heavy atom. The first-order chi connectivity index (χ1) is 11.5. The van der Waals surface area contributed by atoms with E-state index in [-0.39, 0.29) is 11.8 Å². The number of anilines is 1. The summed E-state index contributed by atoms with van der Waals surface area (Å²) < 4.78 is 2.06. The molecule has 2 amide bonds. The number of piperidine rings is 1. The van der Waals surface area contributed by atoms with Crippen LogP contribution in [-0.2, 0) is 11.8 Å². The van der Waals surface area contributed by atoms with Gasteiger partial charge in [0.25, 0.3) is 5.91 Å². The van der Waals surface area contributed by atoms with Crippen molar-refractivity contribution in [3.63, 3.8) is 0 Å². The molecular weight excluding hydrogens is 304 g/mol. The number of hydrogen-bond donors (Lipinski definition) is 1. The van der Waals surface area contributed by atoms with Crippen molar-refractivity contribution >= 4 is 17.5 Å². The molecular formula is C18H22N4O2. The Morgan fingerprint density at radius 1 is 1.17 bits per heavy atom. The fourth-order valence-electron chi connectivity index (χ4n) is 3.22. The van der Waals surface area contributed by atoms with Crippen LogP contribution in [0.4, 0.5) is 5.69 Å². The average molecular weight is 326 g/mol. The number of nitrogens with zero attached hydrogens (tertiary/aromatic N) is 3. The molecule has 6 nitrogen and oxygen atoms in total. The molecule has 0 spiro atoms. The summed E-state index contributed by atoms with van der Waals surface area (Å²) in [5.74, 6) is 0.392. The van der Waals surface area contributed by atoms with Gasteiger partial charge in [0.2, 0.25) is 5.91 Å².